The zero-order valence-electron chi connectivity index (χ0n) is 35.1. The Bertz CT molecular complexity index is 3430. The number of carboxylic acid groups (broad SMARTS) is 3. The van der Waals surface area contributed by atoms with Crippen LogP contribution in [0.25, 0.3) is 21.5 Å². The number of cyclic esters (lactones) is 4. The predicted molar refractivity (Wildman–Crippen MR) is 249 cm³/mol. The van der Waals surface area contributed by atoms with E-state index in [1.165, 1.54) is 91.0 Å². The van der Waals surface area contributed by atoms with E-state index in [1.807, 2.05) is 0 Å². The predicted octanol–water partition coefficient (Wildman–Crippen LogP) is 8.23. The van der Waals surface area contributed by atoms with Crippen LogP contribution in [-0.4, -0.2) is 80.7 Å². The first-order valence-corrected chi connectivity index (χ1v) is 21.2. The highest BCUT2D eigenvalue weighted by Gasteiger charge is 2.42. The third-order valence-corrected chi connectivity index (χ3v) is 12.4. The average Bonchev–Trinajstić information content (AvgIpc) is 3.33. The zero-order chi connectivity index (χ0) is 51.1. The number of amides is 4. The van der Waals surface area contributed by atoms with Crippen molar-refractivity contribution < 1.29 is 77.5 Å². The summed E-state index contributed by atoms with van der Waals surface area (Å²) in [6.07, 6.45) is 0. The molecule has 0 radical (unpaired) electrons. The number of carbonyl (C=O) groups is 11. The highest BCUT2D eigenvalue weighted by molar-refractivity contribution is 6.45. The maximum Gasteiger partial charge on any atom is 0.346 e. The smallest absolute Gasteiger partial charge is 0.346 e. The molecule has 0 saturated carbocycles. The largest absolute Gasteiger partial charge is 0.478 e. The van der Waals surface area contributed by atoms with E-state index in [9.17, 15) is 63.0 Å². The van der Waals surface area contributed by atoms with Crippen molar-refractivity contribution in [2.24, 2.45) is 0 Å². The maximum absolute atomic E-state index is 13.6. The van der Waals surface area contributed by atoms with Crippen LogP contribution in [0.5, 0.6) is 0 Å². The van der Waals surface area contributed by atoms with Crippen molar-refractivity contribution >= 4 is 139 Å². The lowest BCUT2D eigenvalue weighted by Gasteiger charge is -2.32. The molecule has 19 nitrogen and oxygen atoms in total. The van der Waals surface area contributed by atoms with Crippen LogP contribution in [-0.2, 0) is 9.47 Å². The molecule has 4 aliphatic rings. The van der Waals surface area contributed by atoms with Crippen molar-refractivity contribution in [3.63, 3.8) is 0 Å². The van der Waals surface area contributed by atoms with Gasteiger partial charge in [-0.3, -0.25) is 19.2 Å². The number of hydrogen-bond donors (Lipinski definition) is 4. The van der Waals surface area contributed by atoms with Gasteiger partial charge in [-0.25, -0.2) is 43.4 Å². The lowest BCUT2D eigenvalue weighted by molar-refractivity contribution is 0.0366. The Morgan fingerprint density at radius 1 is 0.380 bits per heavy atom. The van der Waals surface area contributed by atoms with Crippen LogP contribution < -0.4 is 15.5 Å². The second-order valence-electron chi connectivity index (χ2n) is 15.4. The molecule has 0 unspecified atom stereocenters. The molecular formula is C49H22Cl3N3O16. The SMILES string of the molecule is Nc1cc(C(=O)O)ccc1Cl.O=C(O)c1ccc(Cl)c(N2C(=O)c3ccc4c5c(ccc(c35)C2=O)C(=O)N(c2cc(C(=O)O)ccc2Cl)C4=O)c1.O=C1OC(=O)c2ccc3c4c(ccc1c24)C(=O)OC3=O. The van der Waals surface area contributed by atoms with E-state index < -0.39 is 65.4 Å². The van der Waals surface area contributed by atoms with Gasteiger partial charge in [0.1, 0.15) is 0 Å². The fourth-order valence-electron chi connectivity index (χ4n) is 8.19. The lowest BCUT2D eigenvalue weighted by Crippen LogP contribution is -2.43. The Hall–Kier alpha value is -9.30. The number of halogens is 3. The van der Waals surface area contributed by atoms with E-state index in [-0.39, 0.29) is 110 Å². The van der Waals surface area contributed by atoms with Crippen LogP contribution in [0.1, 0.15) is 114 Å². The van der Waals surface area contributed by atoms with Gasteiger partial charge < -0.3 is 30.5 Å². The van der Waals surface area contributed by atoms with Crippen LogP contribution >= 0.6 is 34.8 Å². The monoisotopic (exact) mass is 1010 g/mol. The number of esters is 4. The number of nitrogens with two attached hydrogens (primary N) is 1. The van der Waals surface area contributed by atoms with Gasteiger partial charge in [0.15, 0.2) is 0 Å². The number of imide groups is 2. The van der Waals surface area contributed by atoms with Crippen LogP contribution in [0, 0.1) is 0 Å². The number of carboxylic acids is 3. The number of anilines is 3. The molecule has 0 saturated heterocycles. The minimum Gasteiger partial charge on any atom is -0.478 e. The number of nitrogen functional groups attached to an aromatic ring is 1. The summed E-state index contributed by atoms with van der Waals surface area (Å²) in [5.41, 5.74) is 5.72. The molecule has 0 aromatic heterocycles. The summed E-state index contributed by atoms with van der Waals surface area (Å²) in [5.74, 6) is -10.1. The topological polar surface area (TPSA) is 299 Å². The van der Waals surface area contributed by atoms with E-state index >= 15 is 0 Å². The molecule has 5 N–H and O–H groups in total. The second-order valence-corrected chi connectivity index (χ2v) is 16.6. The van der Waals surface area contributed by atoms with Crippen molar-refractivity contribution in [1.29, 1.82) is 0 Å². The number of benzene rings is 7. The fraction of sp³-hybridized carbons (Fsp3) is 0. The second kappa shape index (κ2) is 17.3. The molecule has 4 aliphatic heterocycles. The Kier molecular flexibility index (Phi) is 11.4. The first-order valence-electron chi connectivity index (χ1n) is 20.0. The number of aromatic carboxylic acids is 3. The summed E-state index contributed by atoms with van der Waals surface area (Å²) in [7, 11) is 0. The lowest BCUT2D eigenvalue weighted by atomic mass is 9.85. The molecule has 11 rings (SSSR count). The van der Waals surface area contributed by atoms with Gasteiger partial charge in [-0.15, -0.1) is 0 Å². The molecule has 0 atom stereocenters. The third-order valence-electron chi connectivity index (χ3n) is 11.4. The molecule has 350 valence electrons. The molecular weight excluding hydrogens is 993 g/mol. The zero-order valence-corrected chi connectivity index (χ0v) is 37.3. The Morgan fingerprint density at radius 3 is 0.915 bits per heavy atom. The van der Waals surface area contributed by atoms with Gasteiger partial charge in [-0.1, -0.05) is 34.8 Å². The van der Waals surface area contributed by atoms with Gasteiger partial charge in [0.25, 0.3) is 23.6 Å². The van der Waals surface area contributed by atoms with Crippen LogP contribution in [0.2, 0.25) is 15.1 Å². The number of ether oxygens (including phenoxy) is 2. The molecule has 22 heteroatoms. The minimum absolute atomic E-state index is 0.00745. The van der Waals surface area contributed by atoms with Gasteiger partial charge in [-0.2, -0.15) is 0 Å². The summed E-state index contributed by atoms with van der Waals surface area (Å²) in [5, 5.41) is 28.3. The summed E-state index contributed by atoms with van der Waals surface area (Å²) in [6, 6.07) is 22.2. The molecule has 7 aromatic rings. The van der Waals surface area contributed by atoms with Crippen molar-refractivity contribution in [2.45, 2.75) is 0 Å². The minimum atomic E-state index is -1.29. The molecule has 0 fully saturated rings. The van der Waals surface area contributed by atoms with E-state index in [0.29, 0.717) is 5.02 Å². The molecule has 4 amide bonds. The van der Waals surface area contributed by atoms with Gasteiger partial charge in [-0.05, 0) is 103 Å². The van der Waals surface area contributed by atoms with Gasteiger partial charge in [0.05, 0.1) is 71.1 Å². The van der Waals surface area contributed by atoms with Gasteiger partial charge in [0.2, 0.25) is 0 Å². The quantitative estimate of drug-likeness (QED) is 0.0546. The number of hydrogen-bond acceptors (Lipinski definition) is 14. The van der Waals surface area contributed by atoms with E-state index in [1.54, 1.807) is 0 Å². The molecule has 0 spiro atoms. The Morgan fingerprint density at radius 2 is 0.634 bits per heavy atom. The summed E-state index contributed by atoms with van der Waals surface area (Å²) < 4.78 is 9.22. The van der Waals surface area contributed by atoms with Crippen molar-refractivity contribution in [3.05, 3.63) is 179 Å². The van der Waals surface area contributed by atoms with Crippen molar-refractivity contribution in [2.75, 3.05) is 15.5 Å². The number of carbonyl (C=O) groups excluding carboxylic acids is 8. The first-order chi connectivity index (χ1) is 33.7. The number of nitrogens with zero attached hydrogens (tertiary/aromatic N) is 2. The normalized spacial score (nSPS) is 14.1. The number of rotatable bonds is 5. The molecule has 0 aliphatic carbocycles. The Labute approximate surface area is 409 Å². The van der Waals surface area contributed by atoms with E-state index in [2.05, 4.69) is 9.47 Å². The van der Waals surface area contributed by atoms with Gasteiger partial charge in [0, 0.05) is 43.8 Å². The van der Waals surface area contributed by atoms with Gasteiger partial charge >= 0.3 is 41.8 Å². The first kappa shape index (κ1) is 46.8. The van der Waals surface area contributed by atoms with Crippen LogP contribution in [0.15, 0.2) is 103 Å². The molecule has 7 aromatic carbocycles. The fourth-order valence-corrected chi connectivity index (χ4v) is 8.71. The summed E-state index contributed by atoms with van der Waals surface area (Å²) >= 11 is 18.1. The third kappa shape index (κ3) is 7.62. The van der Waals surface area contributed by atoms with Crippen LogP contribution in [0.3, 0.4) is 0 Å². The maximum atomic E-state index is 13.6. The molecule has 71 heavy (non-hydrogen) atoms. The van der Waals surface area contributed by atoms with Crippen molar-refractivity contribution in [3.8, 4) is 0 Å². The van der Waals surface area contributed by atoms with E-state index in [0.717, 1.165) is 21.9 Å². The average molecular weight is 1020 g/mol. The highest BCUT2D eigenvalue weighted by atomic mass is 35.5. The standard InChI is InChI=1S/C28H12Cl2N2O8.C14H4O6.C7H6ClNO2/c29-17-7-1-11(27(37)38)9-19(17)31-23(33)13-3-5-15-22-16(6-4-14(21(13)22)24(31)34)26(36)32(25(15)35)20-10-12(28(39)40)2-8-18(20)30;15-11-5-1-2-6-10-8(14(18)20-12(6)16)4-3-7(9(5)10)13(17)19-11;8-5-2-1-4(7(10)11)3-6(5)9/h1-10H,(H,37,38)(H,39,40);1-4H;1-3H,9H2,(H,10,11). The summed E-state index contributed by atoms with van der Waals surface area (Å²) in [6.45, 7) is 0. The molecule has 4 heterocycles. The highest BCUT2D eigenvalue weighted by Crippen LogP contribution is 2.43. The molecule has 0 bridgehead atoms. The summed E-state index contributed by atoms with van der Waals surface area (Å²) in [4.78, 5) is 136. The van der Waals surface area contributed by atoms with Crippen molar-refractivity contribution in [1.82, 2.24) is 0 Å². The van der Waals surface area contributed by atoms with E-state index in [4.69, 9.17) is 45.6 Å². The Balaban J connectivity index is 0.000000165. The van der Waals surface area contributed by atoms with Crippen LogP contribution in [0.4, 0.5) is 17.1 Å².